The maximum Gasteiger partial charge on any atom is 0.133 e. The van der Waals surface area contributed by atoms with Gasteiger partial charge in [-0.15, -0.1) is 0 Å². The van der Waals surface area contributed by atoms with Crippen molar-refractivity contribution in [1.82, 2.24) is 9.78 Å². The van der Waals surface area contributed by atoms with Crippen molar-refractivity contribution in [3.63, 3.8) is 0 Å². The number of carbonyl (C=O) groups is 1. The number of Topliss-reactive ketones (excluding diaryl/α,β-unsaturated/α-hetero) is 1. The van der Waals surface area contributed by atoms with Crippen LogP contribution < -0.4 is 0 Å². The van der Waals surface area contributed by atoms with Crippen LogP contribution in [-0.2, 0) is 11.3 Å². The lowest BCUT2D eigenvalue weighted by atomic mass is 9.96. The summed E-state index contributed by atoms with van der Waals surface area (Å²) in [7, 11) is 0. The third-order valence-corrected chi connectivity index (χ3v) is 4.00. The predicted octanol–water partition coefficient (Wildman–Crippen LogP) is 3.67. The minimum Gasteiger partial charge on any atom is -0.300 e. The lowest BCUT2D eigenvalue weighted by molar-refractivity contribution is -0.119. The molecule has 0 bridgehead atoms. The minimum atomic E-state index is 0.355. The Morgan fingerprint density at radius 1 is 1.53 bits per heavy atom. The average Bonchev–Trinajstić information content (AvgIpc) is 2.52. The van der Waals surface area contributed by atoms with E-state index in [1.807, 2.05) is 6.20 Å². The van der Waals surface area contributed by atoms with Crippen molar-refractivity contribution in [2.24, 2.45) is 0 Å². The third kappa shape index (κ3) is 2.97. The molecule has 94 valence electrons. The van der Waals surface area contributed by atoms with E-state index in [0.717, 1.165) is 43.1 Å². The van der Waals surface area contributed by atoms with Crippen molar-refractivity contribution in [2.75, 3.05) is 0 Å². The Balaban J connectivity index is 2.24. The molecule has 0 saturated heterocycles. The standard InChI is InChI=1S/C13H19BrN2O/c1-2-7-16-13(12(14)9-15-16)10-5-3-4-6-11(17)8-10/h9-10H,2-8H2,1H3. The van der Waals surface area contributed by atoms with Gasteiger partial charge in [0.05, 0.1) is 16.4 Å². The average molecular weight is 299 g/mol. The Hall–Kier alpha value is -0.640. The molecule has 0 aromatic carbocycles. The fourth-order valence-corrected chi connectivity index (χ4v) is 3.21. The number of ketones is 1. The van der Waals surface area contributed by atoms with Crippen LogP contribution in [0.2, 0.25) is 0 Å². The Bertz CT molecular complexity index is 400. The molecule has 0 amide bonds. The van der Waals surface area contributed by atoms with Crippen LogP contribution in [0.5, 0.6) is 0 Å². The SMILES string of the molecule is CCCn1ncc(Br)c1C1CCCCC(=O)C1. The lowest BCUT2D eigenvalue weighted by Crippen LogP contribution is -2.12. The molecule has 1 heterocycles. The number of nitrogens with zero attached hydrogens (tertiary/aromatic N) is 2. The van der Waals surface area contributed by atoms with Gasteiger partial charge < -0.3 is 0 Å². The molecule has 1 aromatic rings. The number of hydrogen-bond donors (Lipinski definition) is 0. The molecule has 1 aliphatic rings. The molecule has 1 unspecified atom stereocenters. The van der Waals surface area contributed by atoms with Crippen LogP contribution in [0.4, 0.5) is 0 Å². The van der Waals surface area contributed by atoms with E-state index in [1.54, 1.807) is 0 Å². The number of aryl methyl sites for hydroxylation is 1. The lowest BCUT2D eigenvalue weighted by Gasteiger charge is -2.16. The molecule has 0 N–H and O–H groups in total. The molecular weight excluding hydrogens is 280 g/mol. The van der Waals surface area contributed by atoms with Crippen molar-refractivity contribution >= 4 is 21.7 Å². The van der Waals surface area contributed by atoms with Crippen molar-refractivity contribution in [2.45, 2.75) is 57.9 Å². The second-order valence-corrected chi connectivity index (χ2v) is 5.64. The monoisotopic (exact) mass is 298 g/mol. The van der Waals surface area contributed by atoms with Crippen molar-refractivity contribution in [1.29, 1.82) is 0 Å². The van der Waals surface area contributed by atoms with Gasteiger partial charge in [-0.05, 0) is 35.2 Å². The van der Waals surface area contributed by atoms with Crippen LogP contribution in [-0.4, -0.2) is 15.6 Å². The molecule has 1 aromatic heterocycles. The van der Waals surface area contributed by atoms with Gasteiger partial charge in [-0.1, -0.05) is 13.3 Å². The first-order chi connectivity index (χ1) is 8.22. The van der Waals surface area contributed by atoms with E-state index in [4.69, 9.17) is 0 Å². The van der Waals surface area contributed by atoms with Gasteiger partial charge >= 0.3 is 0 Å². The summed E-state index contributed by atoms with van der Waals surface area (Å²) < 4.78 is 3.12. The minimum absolute atomic E-state index is 0.355. The quantitative estimate of drug-likeness (QED) is 0.798. The third-order valence-electron chi connectivity index (χ3n) is 3.39. The molecule has 1 aliphatic carbocycles. The summed E-state index contributed by atoms with van der Waals surface area (Å²) in [5, 5.41) is 4.39. The van der Waals surface area contributed by atoms with Crippen molar-refractivity contribution < 1.29 is 4.79 Å². The van der Waals surface area contributed by atoms with E-state index in [0.29, 0.717) is 18.1 Å². The van der Waals surface area contributed by atoms with Crippen LogP contribution >= 0.6 is 15.9 Å². The van der Waals surface area contributed by atoms with Gasteiger partial charge in [-0.25, -0.2) is 0 Å². The predicted molar refractivity (Wildman–Crippen MR) is 71.1 cm³/mol. The molecule has 17 heavy (non-hydrogen) atoms. The van der Waals surface area contributed by atoms with Crippen LogP contribution in [0.1, 0.15) is 57.1 Å². The second-order valence-electron chi connectivity index (χ2n) is 4.79. The van der Waals surface area contributed by atoms with Crippen LogP contribution in [0.15, 0.2) is 10.7 Å². The highest BCUT2D eigenvalue weighted by atomic mass is 79.9. The Morgan fingerprint density at radius 3 is 3.12 bits per heavy atom. The number of rotatable bonds is 3. The zero-order chi connectivity index (χ0) is 12.3. The van der Waals surface area contributed by atoms with Crippen molar-refractivity contribution in [3.05, 3.63) is 16.4 Å². The van der Waals surface area contributed by atoms with E-state index in [9.17, 15) is 4.79 Å². The Kier molecular flexibility index (Phi) is 4.37. The highest BCUT2D eigenvalue weighted by molar-refractivity contribution is 9.10. The van der Waals surface area contributed by atoms with Gasteiger partial charge in [-0.2, -0.15) is 5.10 Å². The van der Waals surface area contributed by atoms with Gasteiger partial charge in [0.25, 0.3) is 0 Å². The largest absolute Gasteiger partial charge is 0.300 e. The zero-order valence-corrected chi connectivity index (χ0v) is 11.9. The highest BCUT2D eigenvalue weighted by Gasteiger charge is 2.24. The molecular formula is C13H19BrN2O. The number of halogens is 1. The van der Waals surface area contributed by atoms with Crippen LogP contribution in [0.25, 0.3) is 0 Å². The van der Waals surface area contributed by atoms with E-state index in [-0.39, 0.29) is 0 Å². The topological polar surface area (TPSA) is 34.9 Å². The Morgan fingerprint density at radius 2 is 2.35 bits per heavy atom. The highest BCUT2D eigenvalue weighted by Crippen LogP contribution is 2.34. The number of carbonyl (C=O) groups excluding carboxylic acids is 1. The van der Waals surface area contributed by atoms with E-state index in [2.05, 4.69) is 32.6 Å². The first-order valence-corrected chi connectivity index (χ1v) is 7.24. The molecule has 1 saturated carbocycles. The summed E-state index contributed by atoms with van der Waals surface area (Å²) in [6.07, 6.45) is 7.70. The normalized spacial score (nSPS) is 21.5. The number of aromatic nitrogens is 2. The maximum atomic E-state index is 11.7. The van der Waals surface area contributed by atoms with E-state index >= 15 is 0 Å². The second kappa shape index (κ2) is 5.80. The summed E-state index contributed by atoms with van der Waals surface area (Å²) in [6.45, 7) is 3.09. The molecule has 3 nitrogen and oxygen atoms in total. The smallest absolute Gasteiger partial charge is 0.133 e. The van der Waals surface area contributed by atoms with E-state index in [1.165, 1.54) is 5.69 Å². The molecule has 0 spiro atoms. The van der Waals surface area contributed by atoms with Gasteiger partial charge in [0.2, 0.25) is 0 Å². The van der Waals surface area contributed by atoms with Gasteiger partial charge in [0.15, 0.2) is 0 Å². The molecule has 0 aliphatic heterocycles. The van der Waals surface area contributed by atoms with Crippen molar-refractivity contribution in [3.8, 4) is 0 Å². The fourth-order valence-electron chi connectivity index (χ4n) is 2.59. The maximum absolute atomic E-state index is 11.7. The van der Waals surface area contributed by atoms with Gasteiger partial charge in [-0.3, -0.25) is 9.48 Å². The molecule has 4 heteroatoms. The molecule has 1 fully saturated rings. The van der Waals surface area contributed by atoms with Crippen LogP contribution in [0, 0.1) is 0 Å². The summed E-state index contributed by atoms with van der Waals surface area (Å²) in [4.78, 5) is 11.7. The molecule has 2 rings (SSSR count). The first-order valence-electron chi connectivity index (χ1n) is 6.45. The first kappa shape index (κ1) is 12.8. The summed E-state index contributed by atoms with van der Waals surface area (Å²) in [5.74, 6) is 0.761. The van der Waals surface area contributed by atoms with E-state index < -0.39 is 0 Å². The molecule has 1 atom stereocenters. The summed E-state index contributed by atoms with van der Waals surface area (Å²) >= 11 is 3.57. The fraction of sp³-hybridized carbons (Fsp3) is 0.692. The van der Waals surface area contributed by atoms with Gasteiger partial charge in [0, 0.05) is 25.3 Å². The Labute approximate surface area is 111 Å². The number of hydrogen-bond acceptors (Lipinski definition) is 2. The summed E-state index contributed by atoms with van der Waals surface area (Å²) in [6, 6.07) is 0. The zero-order valence-electron chi connectivity index (χ0n) is 10.3. The van der Waals surface area contributed by atoms with Gasteiger partial charge in [0.1, 0.15) is 5.78 Å². The molecule has 0 radical (unpaired) electrons. The van der Waals surface area contributed by atoms with Crippen LogP contribution in [0.3, 0.4) is 0 Å². The summed E-state index contributed by atoms with van der Waals surface area (Å²) in [5.41, 5.74) is 1.22.